The van der Waals surface area contributed by atoms with E-state index in [1.807, 2.05) is 4.90 Å². The molecule has 0 bridgehead atoms. The molecule has 5 heteroatoms. The minimum absolute atomic E-state index is 0.0186. The van der Waals surface area contributed by atoms with Gasteiger partial charge in [0.1, 0.15) is 0 Å². The molecule has 0 unspecified atom stereocenters. The van der Waals surface area contributed by atoms with Gasteiger partial charge in [-0.15, -0.1) is 0 Å². The zero-order valence-corrected chi connectivity index (χ0v) is 13.9. The third-order valence-electron chi connectivity index (χ3n) is 5.42. The van der Waals surface area contributed by atoms with Crippen LogP contribution in [0.2, 0.25) is 0 Å². The standard InChI is InChI=1S/C17H29N3O2/c1-12(19(2)15-7-8-15)10-18-16(21)14-4-3-9-20(11-14)17(22)13-5-6-13/h12-15H,3-11H2,1-2H3,(H,18,21)/t12-,14+/m0/s1. The van der Waals surface area contributed by atoms with Crippen LogP contribution in [0.4, 0.5) is 0 Å². The molecule has 3 rings (SSSR count). The lowest BCUT2D eigenvalue weighted by Gasteiger charge is -2.33. The summed E-state index contributed by atoms with van der Waals surface area (Å²) in [5.74, 6) is 0.646. The number of likely N-dealkylation sites (tertiary alicyclic amines) is 1. The van der Waals surface area contributed by atoms with Crippen LogP contribution < -0.4 is 5.32 Å². The van der Waals surface area contributed by atoms with Gasteiger partial charge in [0.25, 0.3) is 0 Å². The van der Waals surface area contributed by atoms with Crippen molar-refractivity contribution in [3.05, 3.63) is 0 Å². The molecule has 1 aliphatic heterocycles. The van der Waals surface area contributed by atoms with Gasteiger partial charge in [0.2, 0.25) is 11.8 Å². The van der Waals surface area contributed by atoms with Gasteiger partial charge in [-0.3, -0.25) is 14.5 Å². The summed E-state index contributed by atoms with van der Waals surface area (Å²) in [7, 11) is 2.14. The molecule has 3 aliphatic rings. The number of hydrogen-bond donors (Lipinski definition) is 1. The van der Waals surface area contributed by atoms with Gasteiger partial charge in [-0.2, -0.15) is 0 Å². The zero-order chi connectivity index (χ0) is 15.7. The van der Waals surface area contributed by atoms with E-state index in [9.17, 15) is 9.59 Å². The molecule has 124 valence electrons. The van der Waals surface area contributed by atoms with Crippen LogP contribution in [0.3, 0.4) is 0 Å². The molecule has 1 N–H and O–H groups in total. The lowest BCUT2D eigenvalue weighted by atomic mass is 9.96. The predicted molar refractivity (Wildman–Crippen MR) is 85.3 cm³/mol. The van der Waals surface area contributed by atoms with E-state index in [-0.39, 0.29) is 23.7 Å². The molecular weight excluding hydrogens is 278 g/mol. The first kappa shape index (κ1) is 15.8. The monoisotopic (exact) mass is 307 g/mol. The molecule has 2 aliphatic carbocycles. The van der Waals surface area contributed by atoms with Gasteiger partial charge in [-0.1, -0.05) is 0 Å². The Morgan fingerprint density at radius 2 is 1.91 bits per heavy atom. The maximum Gasteiger partial charge on any atom is 0.225 e. The first-order chi connectivity index (χ1) is 10.6. The molecule has 0 radical (unpaired) electrons. The highest BCUT2D eigenvalue weighted by molar-refractivity contribution is 5.83. The van der Waals surface area contributed by atoms with E-state index in [1.54, 1.807) is 0 Å². The summed E-state index contributed by atoms with van der Waals surface area (Å²) in [6.45, 7) is 4.33. The number of hydrogen-bond acceptors (Lipinski definition) is 3. The van der Waals surface area contributed by atoms with E-state index in [0.29, 0.717) is 25.2 Å². The van der Waals surface area contributed by atoms with Crippen LogP contribution in [-0.4, -0.2) is 60.4 Å². The van der Waals surface area contributed by atoms with E-state index < -0.39 is 0 Å². The van der Waals surface area contributed by atoms with Gasteiger partial charge in [0.15, 0.2) is 0 Å². The molecule has 2 amide bonds. The van der Waals surface area contributed by atoms with Crippen LogP contribution in [0, 0.1) is 11.8 Å². The Morgan fingerprint density at radius 1 is 1.18 bits per heavy atom. The van der Waals surface area contributed by atoms with Crippen molar-refractivity contribution >= 4 is 11.8 Å². The number of nitrogens with one attached hydrogen (secondary N) is 1. The van der Waals surface area contributed by atoms with Gasteiger partial charge in [0, 0.05) is 37.6 Å². The van der Waals surface area contributed by atoms with Crippen molar-refractivity contribution in [2.24, 2.45) is 11.8 Å². The minimum atomic E-state index is -0.0186. The molecule has 5 nitrogen and oxygen atoms in total. The molecule has 1 heterocycles. The number of amides is 2. The zero-order valence-electron chi connectivity index (χ0n) is 13.9. The van der Waals surface area contributed by atoms with Crippen molar-refractivity contribution in [1.82, 2.24) is 15.1 Å². The molecular formula is C17H29N3O2. The van der Waals surface area contributed by atoms with Crippen molar-refractivity contribution in [1.29, 1.82) is 0 Å². The average molecular weight is 307 g/mol. The maximum absolute atomic E-state index is 12.4. The fourth-order valence-corrected chi connectivity index (χ4v) is 3.36. The van der Waals surface area contributed by atoms with Crippen molar-refractivity contribution in [2.45, 2.75) is 57.5 Å². The van der Waals surface area contributed by atoms with E-state index in [0.717, 1.165) is 32.2 Å². The largest absolute Gasteiger partial charge is 0.354 e. The molecule has 2 atom stereocenters. The first-order valence-corrected chi connectivity index (χ1v) is 8.84. The summed E-state index contributed by atoms with van der Waals surface area (Å²) >= 11 is 0. The maximum atomic E-state index is 12.4. The quantitative estimate of drug-likeness (QED) is 0.803. The molecule has 3 fully saturated rings. The number of likely N-dealkylation sites (N-methyl/N-ethyl adjacent to an activating group) is 1. The van der Waals surface area contributed by atoms with Crippen LogP contribution in [0.5, 0.6) is 0 Å². The average Bonchev–Trinajstić information content (AvgIpc) is 3.42. The Morgan fingerprint density at radius 3 is 2.55 bits per heavy atom. The van der Waals surface area contributed by atoms with Crippen molar-refractivity contribution in [3.8, 4) is 0 Å². The van der Waals surface area contributed by atoms with Crippen molar-refractivity contribution in [2.75, 3.05) is 26.7 Å². The lowest BCUT2D eigenvalue weighted by Crippen LogP contribution is -2.48. The van der Waals surface area contributed by atoms with Crippen LogP contribution in [-0.2, 0) is 9.59 Å². The minimum Gasteiger partial charge on any atom is -0.354 e. The SMILES string of the molecule is C[C@@H](CNC(=O)[C@@H]1CCCN(C(=O)C2CC2)C1)N(C)C1CC1. The number of nitrogens with zero attached hydrogens (tertiary/aromatic N) is 2. The molecule has 22 heavy (non-hydrogen) atoms. The summed E-state index contributed by atoms with van der Waals surface area (Å²) < 4.78 is 0. The summed E-state index contributed by atoms with van der Waals surface area (Å²) in [5, 5.41) is 3.10. The van der Waals surface area contributed by atoms with Crippen LogP contribution in [0.1, 0.15) is 45.4 Å². The molecule has 0 aromatic heterocycles. The Labute approximate surface area is 133 Å². The van der Waals surface area contributed by atoms with Gasteiger partial charge in [0.05, 0.1) is 5.92 Å². The van der Waals surface area contributed by atoms with Gasteiger partial charge in [-0.05, 0) is 52.5 Å². The van der Waals surface area contributed by atoms with E-state index >= 15 is 0 Å². The van der Waals surface area contributed by atoms with Gasteiger partial charge in [-0.25, -0.2) is 0 Å². The topological polar surface area (TPSA) is 52.7 Å². The second kappa shape index (κ2) is 6.57. The van der Waals surface area contributed by atoms with Crippen LogP contribution in [0.25, 0.3) is 0 Å². The van der Waals surface area contributed by atoms with Gasteiger partial charge < -0.3 is 10.2 Å². The third-order valence-corrected chi connectivity index (χ3v) is 5.42. The molecule has 1 saturated heterocycles. The smallest absolute Gasteiger partial charge is 0.225 e. The highest BCUT2D eigenvalue weighted by Crippen LogP contribution is 2.32. The number of piperidine rings is 1. The molecule has 2 saturated carbocycles. The fraction of sp³-hybridized carbons (Fsp3) is 0.882. The fourth-order valence-electron chi connectivity index (χ4n) is 3.36. The Kier molecular flexibility index (Phi) is 4.71. The normalized spacial score (nSPS) is 26.9. The first-order valence-electron chi connectivity index (χ1n) is 8.84. The lowest BCUT2D eigenvalue weighted by molar-refractivity contribution is -0.136. The summed E-state index contributed by atoms with van der Waals surface area (Å²) in [6.07, 6.45) is 6.51. The molecule has 0 aromatic rings. The Balaban J connectivity index is 1.43. The van der Waals surface area contributed by atoms with E-state index in [2.05, 4.69) is 24.2 Å². The van der Waals surface area contributed by atoms with Crippen molar-refractivity contribution in [3.63, 3.8) is 0 Å². The summed E-state index contributed by atoms with van der Waals surface area (Å²) in [5.41, 5.74) is 0. The predicted octanol–water partition coefficient (Wildman–Crippen LogP) is 1.23. The van der Waals surface area contributed by atoms with E-state index in [1.165, 1.54) is 12.8 Å². The van der Waals surface area contributed by atoms with Crippen LogP contribution in [0.15, 0.2) is 0 Å². The van der Waals surface area contributed by atoms with E-state index in [4.69, 9.17) is 0 Å². The summed E-state index contributed by atoms with van der Waals surface area (Å²) in [4.78, 5) is 28.8. The number of carbonyl (C=O) groups is 2. The Bertz CT molecular complexity index is 432. The highest BCUT2D eigenvalue weighted by Gasteiger charge is 2.37. The Hall–Kier alpha value is -1.10. The number of rotatable bonds is 6. The van der Waals surface area contributed by atoms with Crippen molar-refractivity contribution < 1.29 is 9.59 Å². The number of carbonyl (C=O) groups excluding carboxylic acids is 2. The van der Waals surface area contributed by atoms with Crippen LogP contribution >= 0.6 is 0 Å². The third kappa shape index (κ3) is 3.80. The second-order valence-electron chi connectivity index (χ2n) is 7.39. The second-order valence-corrected chi connectivity index (χ2v) is 7.39. The van der Waals surface area contributed by atoms with Gasteiger partial charge >= 0.3 is 0 Å². The summed E-state index contributed by atoms with van der Waals surface area (Å²) in [6, 6.07) is 1.09. The molecule has 0 spiro atoms. The highest BCUT2D eigenvalue weighted by atomic mass is 16.2. The molecule has 0 aromatic carbocycles.